The Balaban J connectivity index is 2.06. The van der Waals surface area contributed by atoms with Crippen LogP contribution in [-0.2, 0) is 4.74 Å². The summed E-state index contributed by atoms with van der Waals surface area (Å²) in [6.07, 6.45) is 0.384. The van der Waals surface area contributed by atoms with E-state index in [0.29, 0.717) is 23.6 Å². The van der Waals surface area contributed by atoms with Gasteiger partial charge >= 0.3 is 0 Å². The monoisotopic (exact) mass is 350 g/mol. The minimum atomic E-state index is -0.173. The van der Waals surface area contributed by atoms with Crippen molar-refractivity contribution in [1.82, 2.24) is 10.2 Å². The van der Waals surface area contributed by atoms with Crippen LogP contribution in [0.2, 0.25) is 0 Å². The number of carbonyl (C=O) groups excluding carboxylic acids is 1. The van der Waals surface area contributed by atoms with Gasteiger partial charge in [0.2, 0.25) is 0 Å². The van der Waals surface area contributed by atoms with Crippen molar-refractivity contribution in [3.05, 3.63) is 23.8 Å². The lowest BCUT2D eigenvalue weighted by Crippen LogP contribution is -2.58. The summed E-state index contributed by atoms with van der Waals surface area (Å²) in [6.45, 7) is 10.7. The van der Waals surface area contributed by atoms with Gasteiger partial charge in [-0.15, -0.1) is 0 Å². The third-order valence-electron chi connectivity index (χ3n) is 4.60. The molecule has 0 radical (unpaired) electrons. The molecule has 0 bridgehead atoms. The maximum Gasteiger partial charge on any atom is 0.255 e. The summed E-state index contributed by atoms with van der Waals surface area (Å²) in [4.78, 5) is 15.0. The number of nitrogens with zero attached hydrogens (tertiary/aromatic N) is 1. The molecule has 1 aliphatic rings. The molecular formula is C19H30N2O4. The van der Waals surface area contributed by atoms with Gasteiger partial charge < -0.3 is 19.5 Å². The van der Waals surface area contributed by atoms with Crippen LogP contribution >= 0.6 is 0 Å². The zero-order chi connectivity index (χ0) is 18.6. The van der Waals surface area contributed by atoms with Gasteiger partial charge in [-0.05, 0) is 39.8 Å². The number of morpholine rings is 1. The lowest BCUT2D eigenvalue weighted by molar-refractivity contribution is -0.0948. The number of para-hydroxylation sites is 1. The lowest BCUT2D eigenvalue weighted by atomic mass is 9.99. The van der Waals surface area contributed by atoms with Crippen molar-refractivity contribution in [2.75, 3.05) is 33.9 Å². The average Bonchev–Trinajstić information content (AvgIpc) is 2.58. The van der Waals surface area contributed by atoms with Crippen molar-refractivity contribution in [3.8, 4) is 11.5 Å². The third-order valence-corrected chi connectivity index (χ3v) is 4.60. The molecule has 1 aliphatic heterocycles. The zero-order valence-corrected chi connectivity index (χ0v) is 16.1. The van der Waals surface area contributed by atoms with Crippen LogP contribution in [0, 0.1) is 0 Å². The van der Waals surface area contributed by atoms with Crippen LogP contribution in [0.5, 0.6) is 11.5 Å². The number of hydrogen-bond donors (Lipinski definition) is 1. The molecule has 1 saturated heterocycles. The van der Waals surface area contributed by atoms with Gasteiger partial charge in [-0.1, -0.05) is 6.07 Å². The lowest BCUT2D eigenvalue weighted by Gasteiger charge is -2.45. The number of benzene rings is 1. The highest BCUT2D eigenvalue weighted by Crippen LogP contribution is 2.30. The summed E-state index contributed by atoms with van der Waals surface area (Å²) < 4.78 is 16.4. The molecular weight excluding hydrogens is 320 g/mol. The van der Waals surface area contributed by atoms with Crippen molar-refractivity contribution >= 4 is 5.91 Å². The first-order chi connectivity index (χ1) is 11.8. The summed E-state index contributed by atoms with van der Waals surface area (Å²) in [6, 6.07) is 5.30. The van der Waals surface area contributed by atoms with Gasteiger partial charge in [-0.3, -0.25) is 9.69 Å². The van der Waals surface area contributed by atoms with Crippen LogP contribution in [-0.4, -0.2) is 62.4 Å². The molecule has 2 atom stereocenters. The second kappa shape index (κ2) is 8.06. The Kier molecular flexibility index (Phi) is 6.30. The predicted molar refractivity (Wildman–Crippen MR) is 97.5 cm³/mol. The highest BCUT2D eigenvalue weighted by Gasteiger charge is 2.33. The third kappa shape index (κ3) is 4.64. The molecule has 1 amide bonds. The zero-order valence-electron chi connectivity index (χ0n) is 16.1. The van der Waals surface area contributed by atoms with E-state index in [2.05, 4.69) is 37.9 Å². The second-order valence-corrected chi connectivity index (χ2v) is 7.20. The highest BCUT2D eigenvalue weighted by molar-refractivity contribution is 5.97. The molecule has 25 heavy (non-hydrogen) atoms. The fourth-order valence-electron chi connectivity index (χ4n) is 3.24. The molecule has 0 saturated carbocycles. The number of ether oxygens (including phenoxy) is 3. The van der Waals surface area contributed by atoms with Gasteiger partial charge in [0.15, 0.2) is 11.5 Å². The van der Waals surface area contributed by atoms with Gasteiger partial charge in [-0.2, -0.15) is 0 Å². The molecule has 1 fully saturated rings. The average molecular weight is 350 g/mol. The van der Waals surface area contributed by atoms with E-state index in [9.17, 15) is 4.79 Å². The van der Waals surface area contributed by atoms with E-state index in [4.69, 9.17) is 14.2 Å². The van der Waals surface area contributed by atoms with E-state index in [1.54, 1.807) is 25.3 Å². The molecule has 140 valence electrons. The maximum atomic E-state index is 12.7. The standard InChI is InChI=1S/C19H30N2O4/c1-13-10-21(11-14(2)25-13)19(3,4)12-20-18(22)15-8-7-9-16(23-5)17(15)24-6/h7-9,13-14H,10-12H2,1-6H3,(H,20,22)/t13-,14-/m1/s1. The largest absolute Gasteiger partial charge is 0.493 e. The molecule has 1 aromatic rings. The van der Waals surface area contributed by atoms with Crippen molar-refractivity contribution < 1.29 is 19.0 Å². The van der Waals surface area contributed by atoms with Gasteiger partial charge in [0.05, 0.1) is 32.0 Å². The van der Waals surface area contributed by atoms with Crippen LogP contribution in [0.25, 0.3) is 0 Å². The minimum absolute atomic E-state index is 0.168. The number of hydrogen-bond acceptors (Lipinski definition) is 5. The Morgan fingerprint density at radius 3 is 2.44 bits per heavy atom. The van der Waals surface area contributed by atoms with E-state index in [1.165, 1.54) is 7.11 Å². The summed E-state index contributed by atoms with van der Waals surface area (Å²) in [5.41, 5.74) is 0.301. The number of amides is 1. The van der Waals surface area contributed by atoms with Gasteiger partial charge in [-0.25, -0.2) is 0 Å². The van der Waals surface area contributed by atoms with Gasteiger partial charge in [0, 0.05) is 25.2 Å². The molecule has 0 unspecified atom stereocenters. The topological polar surface area (TPSA) is 60.0 Å². The van der Waals surface area contributed by atoms with Crippen LogP contribution in [0.1, 0.15) is 38.1 Å². The van der Waals surface area contributed by atoms with Crippen molar-refractivity contribution in [2.24, 2.45) is 0 Å². The smallest absolute Gasteiger partial charge is 0.255 e. The fraction of sp³-hybridized carbons (Fsp3) is 0.632. The Labute approximate surface area is 150 Å². The Morgan fingerprint density at radius 2 is 1.88 bits per heavy atom. The SMILES string of the molecule is COc1cccc(C(=O)NCC(C)(C)N2C[C@@H](C)O[C@H](C)C2)c1OC. The highest BCUT2D eigenvalue weighted by atomic mass is 16.5. The molecule has 0 aromatic heterocycles. The number of methoxy groups -OCH3 is 2. The minimum Gasteiger partial charge on any atom is -0.493 e. The molecule has 0 spiro atoms. The Hall–Kier alpha value is -1.79. The molecule has 6 nitrogen and oxygen atoms in total. The first-order valence-corrected chi connectivity index (χ1v) is 8.68. The molecule has 0 aliphatic carbocycles. The molecule has 6 heteroatoms. The predicted octanol–water partition coefficient (Wildman–Crippen LogP) is 2.32. The Morgan fingerprint density at radius 1 is 1.24 bits per heavy atom. The van der Waals surface area contributed by atoms with E-state index in [0.717, 1.165) is 13.1 Å². The van der Waals surface area contributed by atoms with Gasteiger partial charge in [0.25, 0.3) is 5.91 Å². The summed E-state index contributed by atoms with van der Waals surface area (Å²) in [5, 5.41) is 3.04. The van der Waals surface area contributed by atoms with Crippen LogP contribution in [0.4, 0.5) is 0 Å². The molecule has 2 rings (SSSR count). The molecule has 1 aromatic carbocycles. The second-order valence-electron chi connectivity index (χ2n) is 7.20. The fourth-order valence-corrected chi connectivity index (χ4v) is 3.24. The summed E-state index contributed by atoms with van der Waals surface area (Å²) in [5.74, 6) is 0.831. The van der Waals surface area contributed by atoms with Crippen molar-refractivity contribution in [3.63, 3.8) is 0 Å². The van der Waals surface area contributed by atoms with Crippen LogP contribution < -0.4 is 14.8 Å². The summed E-state index contributed by atoms with van der Waals surface area (Å²) >= 11 is 0. The first-order valence-electron chi connectivity index (χ1n) is 8.68. The molecule has 1 N–H and O–H groups in total. The van der Waals surface area contributed by atoms with Gasteiger partial charge in [0.1, 0.15) is 0 Å². The molecule has 1 heterocycles. The van der Waals surface area contributed by atoms with Crippen LogP contribution in [0.3, 0.4) is 0 Å². The quantitative estimate of drug-likeness (QED) is 0.853. The van der Waals surface area contributed by atoms with Crippen LogP contribution in [0.15, 0.2) is 18.2 Å². The number of nitrogens with one attached hydrogen (secondary N) is 1. The number of carbonyl (C=O) groups is 1. The van der Waals surface area contributed by atoms with E-state index in [-0.39, 0.29) is 23.7 Å². The van der Waals surface area contributed by atoms with E-state index >= 15 is 0 Å². The van der Waals surface area contributed by atoms with E-state index in [1.807, 2.05) is 0 Å². The maximum absolute atomic E-state index is 12.7. The van der Waals surface area contributed by atoms with Crippen molar-refractivity contribution in [2.45, 2.75) is 45.4 Å². The summed E-state index contributed by atoms with van der Waals surface area (Å²) in [7, 11) is 3.10. The number of rotatable bonds is 6. The van der Waals surface area contributed by atoms with Crippen molar-refractivity contribution in [1.29, 1.82) is 0 Å². The van der Waals surface area contributed by atoms with E-state index < -0.39 is 0 Å². The normalized spacial score (nSPS) is 21.7. The Bertz CT molecular complexity index is 593. The first kappa shape index (κ1) is 19.5.